The number of allylic oxidation sites excluding steroid dienone is 3. The molecule has 3 heteroatoms. The summed E-state index contributed by atoms with van der Waals surface area (Å²) in [7, 11) is 0. The second kappa shape index (κ2) is 6.82. The third-order valence-corrected chi connectivity index (χ3v) is 8.96. The molecule has 4 aliphatic carbocycles. The highest BCUT2D eigenvalue weighted by Gasteiger charge is 2.56. The number of hydrogen-bond acceptors (Lipinski definition) is 3. The summed E-state index contributed by atoms with van der Waals surface area (Å²) in [6.07, 6.45) is 17.1. The van der Waals surface area contributed by atoms with E-state index in [1.54, 1.807) is 11.1 Å². The van der Waals surface area contributed by atoms with Gasteiger partial charge in [-0.15, -0.1) is 0 Å². The molecule has 2 fully saturated rings. The predicted octanol–water partition coefficient (Wildman–Crippen LogP) is 5.97. The van der Waals surface area contributed by atoms with Crippen LogP contribution in [0.5, 0.6) is 0 Å². The average molecular weight is 392 g/mol. The number of ether oxygens (including phenoxy) is 1. The minimum atomic E-state index is -0.137. The van der Waals surface area contributed by atoms with Gasteiger partial charge in [0, 0.05) is 25.7 Å². The predicted molar refractivity (Wildman–Crippen MR) is 115 cm³/mol. The largest absolute Gasteiger partial charge is 0.462 e. The van der Waals surface area contributed by atoms with Gasteiger partial charge in [-0.3, -0.25) is 9.78 Å². The fourth-order valence-electron chi connectivity index (χ4n) is 7.51. The second-order valence-electron chi connectivity index (χ2n) is 10.3. The summed E-state index contributed by atoms with van der Waals surface area (Å²) < 4.78 is 5.58. The maximum atomic E-state index is 11.4. The molecular formula is C26H33NO2. The lowest BCUT2D eigenvalue weighted by atomic mass is 9.47. The van der Waals surface area contributed by atoms with Gasteiger partial charge >= 0.3 is 5.97 Å². The summed E-state index contributed by atoms with van der Waals surface area (Å²) in [5, 5.41) is 0. The maximum Gasteiger partial charge on any atom is 0.302 e. The molecule has 5 rings (SSSR count). The van der Waals surface area contributed by atoms with Gasteiger partial charge in [-0.1, -0.05) is 31.6 Å². The fourth-order valence-corrected chi connectivity index (χ4v) is 7.51. The Kier molecular flexibility index (Phi) is 4.49. The van der Waals surface area contributed by atoms with Crippen LogP contribution >= 0.6 is 0 Å². The van der Waals surface area contributed by atoms with Crippen molar-refractivity contribution in [2.45, 2.75) is 71.8 Å². The third-order valence-electron chi connectivity index (χ3n) is 8.96. The first-order valence-electron chi connectivity index (χ1n) is 11.4. The Morgan fingerprint density at radius 1 is 1.03 bits per heavy atom. The van der Waals surface area contributed by atoms with E-state index in [1.807, 2.05) is 12.4 Å². The number of hydrogen-bond donors (Lipinski definition) is 0. The fraction of sp³-hybridized carbons (Fsp3) is 0.615. The Bertz CT molecular complexity index is 872. The van der Waals surface area contributed by atoms with E-state index in [1.165, 1.54) is 38.2 Å². The zero-order chi connectivity index (χ0) is 20.2. The highest BCUT2D eigenvalue weighted by molar-refractivity contribution is 5.72. The first-order valence-corrected chi connectivity index (χ1v) is 11.4. The number of rotatable bonds is 2. The Balaban J connectivity index is 1.41. The summed E-state index contributed by atoms with van der Waals surface area (Å²) in [5.74, 6) is 2.14. The highest BCUT2D eigenvalue weighted by atomic mass is 16.5. The molecule has 0 amide bonds. The molecule has 1 heterocycles. The van der Waals surface area contributed by atoms with E-state index in [4.69, 9.17) is 4.74 Å². The summed E-state index contributed by atoms with van der Waals surface area (Å²) in [6, 6.07) is 4.37. The normalized spacial score (nSPS) is 40.8. The van der Waals surface area contributed by atoms with Crippen molar-refractivity contribution in [1.29, 1.82) is 0 Å². The molecule has 0 bridgehead atoms. The van der Waals surface area contributed by atoms with Crippen molar-refractivity contribution in [2.24, 2.45) is 28.6 Å². The molecule has 0 aliphatic heterocycles. The molecule has 3 nitrogen and oxygen atoms in total. The van der Waals surface area contributed by atoms with Crippen LogP contribution in [0.4, 0.5) is 0 Å². The van der Waals surface area contributed by atoms with Gasteiger partial charge in [-0.2, -0.15) is 0 Å². The van der Waals surface area contributed by atoms with Gasteiger partial charge in [0.25, 0.3) is 0 Å². The molecule has 0 radical (unpaired) electrons. The van der Waals surface area contributed by atoms with E-state index in [-0.39, 0.29) is 12.1 Å². The van der Waals surface area contributed by atoms with Crippen LogP contribution in [0, 0.1) is 28.6 Å². The molecule has 4 unspecified atom stereocenters. The molecule has 0 saturated heterocycles. The molecule has 0 spiro atoms. The van der Waals surface area contributed by atoms with Crippen LogP contribution in [0.15, 0.2) is 42.3 Å². The first kappa shape index (κ1) is 19.1. The lowest BCUT2D eigenvalue weighted by molar-refractivity contribution is -0.148. The van der Waals surface area contributed by atoms with Crippen molar-refractivity contribution in [2.75, 3.05) is 0 Å². The van der Waals surface area contributed by atoms with Gasteiger partial charge in [-0.25, -0.2) is 0 Å². The number of nitrogens with zero attached hydrogens (tertiary/aromatic N) is 1. The SMILES string of the molecule is CC(=O)OC1CC[C@@]2(C)C(=CCC3C2CC[C@]2(C)C(c4ccncc4)=CCC32)C1. The summed E-state index contributed by atoms with van der Waals surface area (Å²) in [6.45, 7) is 6.56. The van der Waals surface area contributed by atoms with E-state index in [0.29, 0.717) is 10.8 Å². The molecule has 6 atom stereocenters. The Morgan fingerprint density at radius 2 is 1.79 bits per heavy atom. The zero-order valence-electron chi connectivity index (χ0n) is 18.0. The Hall–Kier alpha value is -1.90. The zero-order valence-corrected chi connectivity index (χ0v) is 18.0. The van der Waals surface area contributed by atoms with E-state index in [0.717, 1.165) is 37.0 Å². The molecule has 1 aromatic heterocycles. The quantitative estimate of drug-likeness (QED) is 0.460. The number of carbonyl (C=O) groups is 1. The van der Waals surface area contributed by atoms with Crippen LogP contribution < -0.4 is 0 Å². The van der Waals surface area contributed by atoms with Crippen LogP contribution in [-0.4, -0.2) is 17.1 Å². The minimum Gasteiger partial charge on any atom is -0.462 e. The van der Waals surface area contributed by atoms with Gasteiger partial charge in [0.1, 0.15) is 6.10 Å². The van der Waals surface area contributed by atoms with Crippen LogP contribution in [-0.2, 0) is 9.53 Å². The van der Waals surface area contributed by atoms with E-state index >= 15 is 0 Å². The lowest BCUT2D eigenvalue weighted by Gasteiger charge is -2.57. The smallest absolute Gasteiger partial charge is 0.302 e. The second-order valence-corrected chi connectivity index (χ2v) is 10.3. The molecule has 4 aliphatic rings. The monoisotopic (exact) mass is 391 g/mol. The van der Waals surface area contributed by atoms with Crippen molar-refractivity contribution in [3.63, 3.8) is 0 Å². The number of fused-ring (bicyclic) bond motifs is 5. The maximum absolute atomic E-state index is 11.4. The van der Waals surface area contributed by atoms with Crippen molar-refractivity contribution < 1.29 is 9.53 Å². The molecular weight excluding hydrogens is 358 g/mol. The number of pyridine rings is 1. The molecule has 1 aromatic rings. The van der Waals surface area contributed by atoms with Crippen LogP contribution in [0.2, 0.25) is 0 Å². The van der Waals surface area contributed by atoms with E-state index in [2.05, 4.69) is 43.1 Å². The lowest BCUT2D eigenvalue weighted by Crippen LogP contribution is -2.50. The van der Waals surface area contributed by atoms with E-state index in [9.17, 15) is 4.79 Å². The van der Waals surface area contributed by atoms with Gasteiger partial charge in [0.2, 0.25) is 0 Å². The third kappa shape index (κ3) is 2.92. The van der Waals surface area contributed by atoms with Crippen molar-refractivity contribution >= 4 is 11.5 Å². The number of carbonyl (C=O) groups excluding carboxylic acids is 1. The van der Waals surface area contributed by atoms with Gasteiger partial charge in [0.15, 0.2) is 0 Å². The Morgan fingerprint density at radius 3 is 2.55 bits per heavy atom. The molecule has 154 valence electrons. The topological polar surface area (TPSA) is 39.2 Å². The van der Waals surface area contributed by atoms with Crippen molar-refractivity contribution in [1.82, 2.24) is 4.98 Å². The van der Waals surface area contributed by atoms with Gasteiger partial charge in [-0.05, 0) is 90.4 Å². The number of aromatic nitrogens is 1. The Labute approximate surface area is 174 Å². The van der Waals surface area contributed by atoms with Crippen LogP contribution in [0.25, 0.3) is 5.57 Å². The van der Waals surface area contributed by atoms with Crippen LogP contribution in [0.3, 0.4) is 0 Å². The molecule has 0 aromatic carbocycles. The van der Waals surface area contributed by atoms with E-state index < -0.39 is 0 Å². The summed E-state index contributed by atoms with van der Waals surface area (Å²) in [4.78, 5) is 15.7. The summed E-state index contributed by atoms with van der Waals surface area (Å²) in [5.41, 5.74) is 5.07. The van der Waals surface area contributed by atoms with Gasteiger partial charge in [0.05, 0.1) is 0 Å². The standard InChI is InChI=1S/C26H33NO2/c1-17(28)29-20-8-12-25(2)19(16-20)4-5-21-23-7-6-22(18-10-14-27-15-11-18)26(23,3)13-9-24(21)25/h4,6,10-11,14-15,20-21,23-24H,5,7-9,12-13,16H2,1-3H3/t20?,21?,23?,24?,25-,26+/m0/s1. The van der Waals surface area contributed by atoms with Crippen molar-refractivity contribution in [3.8, 4) is 0 Å². The first-order chi connectivity index (χ1) is 13.9. The number of esters is 1. The molecule has 0 N–H and O–H groups in total. The molecule has 29 heavy (non-hydrogen) atoms. The van der Waals surface area contributed by atoms with Crippen molar-refractivity contribution in [3.05, 3.63) is 47.8 Å². The van der Waals surface area contributed by atoms with Crippen LogP contribution in [0.1, 0.15) is 71.3 Å². The molecule has 2 saturated carbocycles. The minimum absolute atomic E-state index is 0.0867. The van der Waals surface area contributed by atoms with Gasteiger partial charge < -0.3 is 4.74 Å². The summed E-state index contributed by atoms with van der Waals surface area (Å²) >= 11 is 0. The highest BCUT2D eigenvalue weighted by Crippen LogP contribution is 2.66. The average Bonchev–Trinajstić information content (AvgIpc) is 3.06.